The van der Waals surface area contributed by atoms with Crippen molar-refractivity contribution < 1.29 is 14.3 Å². The second-order valence-electron chi connectivity index (χ2n) is 7.02. The Balaban J connectivity index is 1.32. The molecule has 2 atom stereocenters. The van der Waals surface area contributed by atoms with E-state index in [2.05, 4.69) is 10.2 Å². The number of azo groups is 1. The van der Waals surface area contributed by atoms with Crippen LogP contribution in [0.5, 0.6) is 5.75 Å². The fourth-order valence-electron chi connectivity index (χ4n) is 3.76. The number of imide groups is 1. The molecule has 2 fully saturated rings. The van der Waals surface area contributed by atoms with Crippen molar-refractivity contribution in [1.29, 1.82) is 0 Å². The van der Waals surface area contributed by atoms with Gasteiger partial charge in [0, 0.05) is 0 Å². The quantitative estimate of drug-likeness (QED) is 0.798. The number of hydrogen-bond acceptors (Lipinski definition) is 5. The molecule has 0 N–H and O–H groups in total. The standard InChI is InChI=1S/C20H17N3O3/c24-18-16-17(21-22-20(16)10-11-20)19(25)23(18)14-6-8-15(9-7-14)26-12-13-4-2-1-3-5-13/h1-9,16-17H,10-12H2. The number of fused-ring (bicyclic) bond motifs is 2. The zero-order valence-electron chi connectivity index (χ0n) is 14.0. The third-order valence-electron chi connectivity index (χ3n) is 5.34. The maximum atomic E-state index is 12.8. The first-order valence-corrected chi connectivity index (χ1v) is 8.75. The Hall–Kier alpha value is -3.02. The molecule has 2 aliphatic heterocycles. The fourth-order valence-corrected chi connectivity index (χ4v) is 3.76. The van der Waals surface area contributed by atoms with Crippen LogP contribution in [0.15, 0.2) is 64.8 Å². The predicted molar refractivity (Wildman–Crippen MR) is 93.8 cm³/mol. The third-order valence-corrected chi connectivity index (χ3v) is 5.34. The molecule has 130 valence electrons. The van der Waals surface area contributed by atoms with E-state index < -0.39 is 17.5 Å². The van der Waals surface area contributed by atoms with Crippen molar-refractivity contribution in [2.24, 2.45) is 16.1 Å². The average molecular weight is 347 g/mol. The second kappa shape index (κ2) is 5.49. The highest BCUT2D eigenvalue weighted by atomic mass is 16.5. The molecule has 0 aromatic heterocycles. The molecule has 0 bridgehead atoms. The van der Waals surface area contributed by atoms with Gasteiger partial charge in [0.2, 0.25) is 5.91 Å². The highest BCUT2D eigenvalue weighted by molar-refractivity contribution is 6.24. The maximum absolute atomic E-state index is 12.8. The van der Waals surface area contributed by atoms with E-state index in [1.165, 1.54) is 4.90 Å². The van der Waals surface area contributed by atoms with E-state index in [-0.39, 0.29) is 11.8 Å². The summed E-state index contributed by atoms with van der Waals surface area (Å²) in [6.45, 7) is 0.467. The van der Waals surface area contributed by atoms with Crippen LogP contribution in [0.1, 0.15) is 18.4 Å². The average Bonchev–Trinajstić information content (AvgIpc) is 3.27. The Bertz CT molecular complexity index is 904. The van der Waals surface area contributed by atoms with Crippen molar-refractivity contribution in [2.45, 2.75) is 31.0 Å². The van der Waals surface area contributed by atoms with Gasteiger partial charge in [-0.05, 0) is 42.7 Å². The summed E-state index contributed by atoms with van der Waals surface area (Å²) in [6.07, 6.45) is 1.69. The first kappa shape index (κ1) is 15.3. The smallest absolute Gasteiger partial charge is 0.261 e. The van der Waals surface area contributed by atoms with E-state index in [0.717, 1.165) is 18.4 Å². The largest absolute Gasteiger partial charge is 0.489 e. The summed E-state index contributed by atoms with van der Waals surface area (Å²) in [7, 11) is 0. The van der Waals surface area contributed by atoms with Gasteiger partial charge in [0.1, 0.15) is 12.4 Å². The summed E-state index contributed by atoms with van der Waals surface area (Å²) in [5.41, 5.74) is 1.24. The molecule has 2 heterocycles. The molecular weight excluding hydrogens is 330 g/mol. The van der Waals surface area contributed by atoms with Gasteiger partial charge in [-0.3, -0.25) is 9.59 Å². The SMILES string of the molecule is O=C1C2N=NC3(CC3)C2C(=O)N1c1ccc(OCc2ccccc2)cc1. The number of carbonyl (C=O) groups is 2. The summed E-state index contributed by atoms with van der Waals surface area (Å²) >= 11 is 0. The van der Waals surface area contributed by atoms with Crippen LogP contribution in [0.3, 0.4) is 0 Å². The van der Waals surface area contributed by atoms with Crippen LogP contribution in [0.4, 0.5) is 5.69 Å². The van der Waals surface area contributed by atoms with Gasteiger partial charge in [-0.25, -0.2) is 4.90 Å². The van der Waals surface area contributed by atoms with E-state index in [1.54, 1.807) is 24.3 Å². The summed E-state index contributed by atoms with van der Waals surface area (Å²) in [5.74, 6) is -0.176. The van der Waals surface area contributed by atoms with E-state index in [9.17, 15) is 9.59 Å². The van der Waals surface area contributed by atoms with Crippen molar-refractivity contribution in [3.63, 3.8) is 0 Å². The molecule has 3 aliphatic rings. The first-order chi connectivity index (χ1) is 12.7. The summed E-state index contributed by atoms with van der Waals surface area (Å²) < 4.78 is 5.76. The Morgan fingerprint density at radius 2 is 1.73 bits per heavy atom. The van der Waals surface area contributed by atoms with Crippen LogP contribution >= 0.6 is 0 Å². The number of nitrogens with zero attached hydrogens (tertiary/aromatic N) is 3. The molecule has 5 rings (SSSR count). The highest BCUT2D eigenvalue weighted by Gasteiger charge is 2.67. The first-order valence-electron chi connectivity index (χ1n) is 8.75. The Labute approximate surface area is 150 Å². The predicted octanol–water partition coefficient (Wildman–Crippen LogP) is 3.12. The third kappa shape index (κ3) is 2.25. The van der Waals surface area contributed by atoms with Gasteiger partial charge in [-0.1, -0.05) is 30.3 Å². The minimum absolute atomic E-state index is 0.180. The lowest BCUT2D eigenvalue weighted by molar-refractivity contribution is -0.122. The van der Waals surface area contributed by atoms with Crippen LogP contribution in [0, 0.1) is 5.92 Å². The number of anilines is 1. The van der Waals surface area contributed by atoms with E-state index in [1.807, 2.05) is 30.3 Å². The van der Waals surface area contributed by atoms with Crippen molar-refractivity contribution >= 4 is 17.5 Å². The van der Waals surface area contributed by atoms with Crippen molar-refractivity contribution in [2.75, 3.05) is 4.90 Å². The lowest BCUT2D eigenvalue weighted by atomic mass is 9.94. The van der Waals surface area contributed by atoms with Crippen LogP contribution in [0.25, 0.3) is 0 Å². The molecular formula is C20H17N3O3. The zero-order valence-corrected chi connectivity index (χ0v) is 14.0. The van der Waals surface area contributed by atoms with Gasteiger partial charge >= 0.3 is 0 Å². The number of carbonyl (C=O) groups excluding carboxylic acids is 2. The van der Waals surface area contributed by atoms with Gasteiger partial charge < -0.3 is 4.74 Å². The zero-order chi connectivity index (χ0) is 17.7. The summed E-state index contributed by atoms with van der Waals surface area (Å²) in [6, 6.07) is 16.3. The number of amides is 2. The monoisotopic (exact) mass is 347 g/mol. The molecule has 2 aromatic rings. The van der Waals surface area contributed by atoms with Gasteiger partial charge in [-0.2, -0.15) is 10.2 Å². The minimum Gasteiger partial charge on any atom is -0.489 e. The molecule has 6 heteroatoms. The van der Waals surface area contributed by atoms with Crippen molar-refractivity contribution in [3.05, 3.63) is 60.2 Å². The fraction of sp³-hybridized carbons (Fsp3) is 0.300. The molecule has 2 unspecified atom stereocenters. The highest BCUT2D eigenvalue weighted by Crippen LogP contribution is 2.55. The molecule has 0 radical (unpaired) electrons. The van der Waals surface area contributed by atoms with Crippen molar-refractivity contribution in [1.82, 2.24) is 0 Å². The lowest BCUT2D eigenvalue weighted by Crippen LogP contribution is -2.33. The normalized spacial score (nSPS) is 25.0. The second-order valence-corrected chi connectivity index (χ2v) is 7.02. The molecule has 1 spiro atoms. The molecule has 6 nitrogen and oxygen atoms in total. The number of benzene rings is 2. The molecule has 1 saturated carbocycles. The van der Waals surface area contributed by atoms with E-state index in [4.69, 9.17) is 4.74 Å². The van der Waals surface area contributed by atoms with Gasteiger partial charge in [0.05, 0.1) is 17.1 Å². The van der Waals surface area contributed by atoms with Gasteiger partial charge in [-0.15, -0.1) is 0 Å². The number of rotatable bonds is 4. The van der Waals surface area contributed by atoms with Crippen LogP contribution in [-0.2, 0) is 16.2 Å². The van der Waals surface area contributed by atoms with Gasteiger partial charge in [0.15, 0.2) is 6.04 Å². The maximum Gasteiger partial charge on any atom is 0.261 e. The molecule has 26 heavy (non-hydrogen) atoms. The Morgan fingerprint density at radius 3 is 2.42 bits per heavy atom. The van der Waals surface area contributed by atoms with Crippen LogP contribution in [0.2, 0.25) is 0 Å². The summed E-state index contributed by atoms with van der Waals surface area (Å²) in [4.78, 5) is 26.7. The minimum atomic E-state index is -0.640. The number of ether oxygens (including phenoxy) is 1. The lowest BCUT2D eigenvalue weighted by Gasteiger charge is -2.17. The molecule has 1 aliphatic carbocycles. The molecule has 2 amide bonds. The number of hydrogen-bond donors (Lipinski definition) is 0. The van der Waals surface area contributed by atoms with Crippen molar-refractivity contribution in [3.8, 4) is 5.75 Å². The van der Waals surface area contributed by atoms with Crippen LogP contribution < -0.4 is 9.64 Å². The Morgan fingerprint density at radius 1 is 1.00 bits per heavy atom. The van der Waals surface area contributed by atoms with E-state index >= 15 is 0 Å². The van der Waals surface area contributed by atoms with Crippen LogP contribution in [-0.4, -0.2) is 23.4 Å². The van der Waals surface area contributed by atoms with E-state index in [0.29, 0.717) is 18.0 Å². The molecule has 1 saturated heterocycles. The molecule has 2 aromatic carbocycles. The summed E-state index contributed by atoms with van der Waals surface area (Å²) in [5, 5.41) is 8.29. The topological polar surface area (TPSA) is 71.3 Å². The Kier molecular flexibility index (Phi) is 3.22. The van der Waals surface area contributed by atoms with Gasteiger partial charge in [0.25, 0.3) is 5.91 Å².